The van der Waals surface area contributed by atoms with Crippen LogP contribution in [0.15, 0.2) is 18.2 Å². The Hall–Kier alpha value is -1.09. The molecular weight excluding hydrogens is 241 g/mol. The fourth-order valence-corrected chi connectivity index (χ4v) is 3.24. The van der Waals surface area contributed by atoms with Crippen LogP contribution in [0.1, 0.15) is 37.7 Å². The van der Waals surface area contributed by atoms with E-state index in [-0.39, 0.29) is 11.9 Å². The Labute approximate surface area is 114 Å². The van der Waals surface area contributed by atoms with Gasteiger partial charge in [0, 0.05) is 18.5 Å². The van der Waals surface area contributed by atoms with Gasteiger partial charge in [-0.05, 0) is 43.5 Å². The predicted molar refractivity (Wildman–Crippen MR) is 74.0 cm³/mol. The molecule has 0 saturated heterocycles. The number of hydrogen-bond acceptors (Lipinski definition) is 2. The van der Waals surface area contributed by atoms with Crippen molar-refractivity contribution in [2.24, 2.45) is 5.92 Å². The van der Waals surface area contributed by atoms with E-state index in [1.165, 1.54) is 38.2 Å². The molecule has 1 saturated carbocycles. The molecule has 1 fully saturated rings. The lowest BCUT2D eigenvalue weighted by Crippen LogP contribution is -2.33. The van der Waals surface area contributed by atoms with Crippen molar-refractivity contribution in [2.45, 2.75) is 44.6 Å². The van der Waals surface area contributed by atoms with Crippen molar-refractivity contribution in [1.29, 1.82) is 0 Å². The number of halogens is 1. The van der Waals surface area contributed by atoms with Crippen LogP contribution >= 0.6 is 0 Å². The second-order valence-electron chi connectivity index (χ2n) is 5.86. The molecule has 1 aromatic carbocycles. The van der Waals surface area contributed by atoms with Crippen LogP contribution in [0, 0.1) is 11.7 Å². The first kappa shape index (κ1) is 12.9. The van der Waals surface area contributed by atoms with E-state index in [1.807, 2.05) is 0 Å². The van der Waals surface area contributed by atoms with Crippen molar-refractivity contribution < 1.29 is 9.13 Å². The quantitative estimate of drug-likeness (QED) is 0.900. The van der Waals surface area contributed by atoms with Crippen molar-refractivity contribution in [3.05, 3.63) is 29.6 Å². The molecule has 1 aliphatic carbocycles. The Bertz CT molecular complexity index is 429. The summed E-state index contributed by atoms with van der Waals surface area (Å²) in [5.41, 5.74) is 1.00. The summed E-state index contributed by atoms with van der Waals surface area (Å²) < 4.78 is 18.9. The second kappa shape index (κ2) is 5.91. The lowest BCUT2D eigenvalue weighted by Gasteiger charge is -2.22. The normalized spacial score (nSPS) is 23.1. The summed E-state index contributed by atoms with van der Waals surface area (Å²) in [6.07, 6.45) is 7.90. The van der Waals surface area contributed by atoms with Crippen molar-refractivity contribution in [3.8, 4) is 5.75 Å². The van der Waals surface area contributed by atoms with Crippen LogP contribution in [-0.4, -0.2) is 19.2 Å². The topological polar surface area (TPSA) is 21.3 Å². The summed E-state index contributed by atoms with van der Waals surface area (Å²) >= 11 is 0. The van der Waals surface area contributed by atoms with Gasteiger partial charge in [-0.3, -0.25) is 0 Å². The van der Waals surface area contributed by atoms with Gasteiger partial charge in [0.1, 0.15) is 17.7 Å². The highest BCUT2D eigenvalue weighted by Crippen LogP contribution is 2.29. The number of fused-ring (bicyclic) bond motifs is 1. The van der Waals surface area contributed by atoms with Gasteiger partial charge in [-0.2, -0.15) is 0 Å². The zero-order valence-corrected chi connectivity index (χ0v) is 11.3. The van der Waals surface area contributed by atoms with E-state index in [9.17, 15) is 4.39 Å². The molecule has 2 nitrogen and oxygen atoms in total. The number of hydrogen-bond donors (Lipinski definition) is 1. The number of benzene rings is 1. The van der Waals surface area contributed by atoms with Crippen LogP contribution in [0.5, 0.6) is 5.75 Å². The minimum absolute atomic E-state index is 0.167. The van der Waals surface area contributed by atoms with Gasteiger partial charge in [0.2, 0.25) is 0 Å². The minimum Gasteiger partial charge on any atom is -0.488 e. The Balaban J connectivity index is 1.43. The molecular formula is C16H22FNO. The van der Waals surface area contributed by atoms with Crippen molar-refractivity contribution in [3.63, 3.8) is 0 Å². The largest absolute Gasteiger partial charge is 0.488 e. The van der Waals surface area contributed by atoms with E-state index in [1.54, 1.807) is 12.1 Å². The highest BCUT2D eigenvalue weighted by atomic mass is 19.1. The molecule has 19 heavy (non-hydrogen) atoms. The Kier molecular flexibility index (Phi) is 4.02. The molecule has 1 aliphatic heterocycles. The van der Waals surface area contributed by atoms with Crippen LogP contribution in [0.25, 0.3) is 0 Å². The lowest BCUT2D eigenvalue weighted by atomic mass is 9.89. The third-order valence-corrected chi connectivity index (χ3v) is 4.29. The molecule has 1 N–H and O–H groups in total. The maximum atomic E-state index is 13.1. The monoisotopic (exact) mass is 263 g/mol. The third-order valence-electron chi connectivity index (χ3n) is 4.29. The maximum Gasteiger partial charge on any atom is 0.123 e. The summed E-state index contributed by atoms with van der Waals surface area (Å²) in [7, 11) is 0. The van der Waals surface area contributed by atoms with E-state index in [0.29, 0.717) is 0 Å². The second-order valence-corrected chi connectivity index (χ2v) is 5.86. The van der Waals surface area contributed by atoms with Gasteiger partial charge in [0.05, 0.1) is 0 Å². The SMILES string of the molecule is Fc1ccc2c(c1)CC(CNCC1CCCCC1)O2. The molecule has 104 valence electrons. The van der Waals surface area contributed by atoms with Crippen molar-refractivity contribution in [2.75, 3.05) is 13.1 Å². The highest BCUT2D eigenvalue weighted by Gasteiger charge is 2.23. The molecule has 0 aromatic heterocycles. The first-order valence-corrected chi connectivity index (χ1v) is 7.47. The standard InChI is InChI=1S/C16H22FNO/c17-14-6-7-16-13(8-14)9-15(19-16)11-18-10-12-4-2-1-3-5-12/h6-8,12,15,18H,1-5,9-11H2. The summed E-state index contributed by atoms with van der Waals surface area (Å²) in [5.74, 6) is 1.53. The molecule has 0 radical (unpaired) electrons. The maximum absolute atomic E-state index is 13.1. The van der Waals surface area contributed by atoms with Gasteiger partial charge in [0.25, 0.3) is 0 Å². The smallest absolute Gasteiger partial charge is 0.123 e. The molecule has 1 aromatic rings. The number of nitrogens with one attached hydrogen (secondary N) is 1. The zero-order chi connectivity index (χ0) is 13.1. The van der Waals surface area contributed by atoms with Gasteiger partial charge in [-0.1, -0.05) is 19.3 Å². The van der Waals surface area contributed by atoms with Gasteiger partial charge in [-0.25, -0.2) is 4.39 Å². The minimum atomic E-state index is -0.168. The lowest BCUT2D eigenvalue weighted by molar-refractivity contribution is 0.221. The molecule has 0 amide bonds. The summed E-state index contributed by atoms with van der Waals surface area (Å²) in [5, 5.41) is 3.53. The molecule has 1 atom stereocenters. The Morgan fingerprint density at radius 1 is 1.16 bits per heavy atom. The molecule has 1 heterocycles. The third kappa shape index (κ3) is 3.27. The molecule has 3 heteroatoms. The first-order chi connectivity index (χ1) is 9.31. The Morgan fingerprint density at radius 2 is 2.00 bits per heavy atom. The van der Waals surface area contributed by atoms with E-state index in [4.69, 9.17) is 4.74 Å². The van der Waals surface area contributed by atoms with Crippen LogP contribution in [0.2, 0.25) is 0 Å². The van der Waals surface area contributed by atoms with Gasteiger partial charge >= 0.3 is 0 Å². The van der Waals surface area contributed by atoms with Gasteiger partial charge < -0.3 is 10.1 Å². The van der Waals surface area contributed by atoms with Crippen LogP contribution in [0.3, 0.4) is 0 Å². The van der Waals surface area contributed by atoms with E-state index in [0.717, 1.165) is 36.7 Å². The fourth-order valence-electron chi connectivity index (χ4n) is 3.24. The van der Waals surface area contributed by atoms with E-state index >= 15 is 0 Å². The predicted octanol–water partition coefficient (Wildman–Crippen LogP) is 3.30. The molecule has 0 bridgehead atoms. The van der Waals surface area contributed by atoms with Crippen LogP contribution in [-0.2, 0) is 6.42 Å². The van der Waals surface area contributed by atoms with Crippen molar-refractivity contribution >= 4 is 0 Å². The summed E-state index contributed by atoms with van der Waals surface area (Å²) in [6, 6.07) is 4.80. The fraction of sp³-hybridized carbons (Fsp3) is 0.625. The summed E-state index contributed by atoms with van der Waals surface area (Å²) in [4.78, 5) is 0. The summed E-state index contributed by atoms with van der Waals surface area (Å²) in [6.45, 7) is 1.97. The first-order valence-electron chi connectivity index (χ1n) is 7.47. The van der Waals surface area contributed by atoms with Crippen LogP contribution < -0.4 is 10.1 Å². The molecule has 0 spiro atoms. The highest BCUT2D eigenvalue weighted by molar-refractivity contribution is 5.37. The average Bonchev–Trinajstić information content (AvgIpc) is 2.82. The van der Waals surface area contributed by atoms with E-state index < -0.39 is 0 Å². The van der Waals surface area contributed by atoms with Gasteiger partial charge in [0.15, 0.2) is 0 Å². The number of rotatable bonds is 4. The number of ether oxygens (including phenoxy) is 1. The molecule has 2 aliphatic rings. The zero-order valence-electron chi connectivity index (χ0n) is 11.3. The average molecular weight is 263 g/mol. The van der Waals surface area contributed by atoms with Crippen LogP contribution in [0.4, 0.5) is 4.39 Å². The van der Waals surface area contributed by atoms with Gasteiger partial charge in [-0.15, -0.1) is 0 Å². The molecule has 3 rings (SSSR count). The Morgan fingerprint density at radius 3 is 2.84 bits per heavy atom. The molecule has 1 unspecified atom stereocenters. The van der Waals surface area contributed by atoms with Crippen molar-refractivity contribution in [1.82, 2.24) is 5.32 Å². The van der Waals surface area contributed by atoms with E-state index in [2.05, 4.69) is 5.32 Å².